The Hall–Kier alpha value is -2.02. The summed E-state index contributed by atoms with van der Waals surface area (Å²) < 4.78 is 0. The normalized spacial score (nSPS) is 10.4. The minimum Gasteiger partial charge on any atom is -0.396 e. The van der Waals surface area contributed by atoms with Gasteiger partial charge in [0.2, 0.25) is 0 Å². The molecule has 17 heavy (non-hydrogen) atoms. The van der Waals surface area contributed by atoms with Crippen LogP contribution in [0.2, 0.25) is 0 Å². The fraction of sp³-hybridized carbons (Fsp3) is 0.100. The number of anilines is 2. The van der Waals surface area contributed by atoms with Gasteiger partial charge in [0.25, 0.3) is 5.56 Å². The molecule has 0 unspecified atom stereocenters. The van der Waals surface area contributed by atoms with Gasteiger partial charge in [0, 0.05) is 11.8 Å². The van der Waals surface area contributed by atoms with Gasteiger partial charge >= 0.3 is 0 Å². The summed E-state index contributed by atoms with van der Waals surface area (Å²) in [6.07, 6.45) is 0. The number of nitrogens with zero attached hydrogens (tertiary/aromatic N) is 2. The molecule has 88 valence electrons. The van der Waals surface area contributed by atoms with E-state index < -0.39 is 0 Å². The molecule has 0 amide bonds. The molecular weight excluding hydrogens is 238 g/mol. The van der Waals surface area contributed by atoms with E-state index in [1.54, 1.807) is 19.1 Å². The number of hydrogen-bond acceptors (Lipinski definition) is 6. The van der Waals surface area contributed by atoms with Crippen LogP contribution in [0.5, 0.6) is 0 Å². The lowest BCUT2D eigenvalue weighted by molar-refractivity contribution is 0.902. The topological polar surface area (TPSA) is 111 Å². The van der Waals surface area contributed by atoms with Crippen LogP contribution in [-0.4, -0.2) is 15.0 Å². The lowest BCUT2D eigenvalue weighted by Gasteiger charge is -2.03. The number of aromatic nitrogens is 3. The molecule has 2 rings (SSSR count). The number of pyridine rings is 1. The Morgan fingerprint density at radius 2 is 2.06 bits per heavy atom. The van der Waals surface area contributed by atoms with Gasteiger partial charge in [-0.2, -0.15) is 0 Å². The highest BCUT2D eigenvalue weighted by atomic mass is 32.2. The lowest BCUT2D eigenvalue weighted by atomic mass is 10.4. The highest BCUT2D eigenvalue weighted by Gasteiger charge is 2.04. The molecule has 2 heterocycles. The largest absolute Gasteiger partial charge is 0.396 e. The quantitative estimate of drug-likeness (QED) is 0.678. The van der Waals surface area contributed by atoms with Crippen LogP contribution < -0.4 is 17.0 Å². The summed E-state index contributed by atoms with van der Waals surface area (Å²) >= 11 is 1.23. The van der Waals surface area contributed by atoms with Crippen LogP contribution in [-0.2, 0) is 0 Å². The zero-order valence-electron chi connectivity index (χ0n) is 9.10. The van der Waals surface area contributed by atoms with Crippen LogP contribution in [0.1, 0.15) is 5.69 Å². The first kappa shape index (κ1) is 11.5. The van der Waals surface area contributed by atoms with Gasteiger partial charge in [-0.05, 0) is 30.8 Å². The summed E-state index contributed by atoms with van der Waals surface area (Å²) in [5, 5.41) is 1.11. The molecule has 0 fully saturated rings. The first-order valence-corrected chi connectivity index (χ1v) is 5.64. The van der Waals surface area contributed by atoms with Crippen molar-refractivity contribution < 1.29 is 0 Å². The fourth-order valence-corrected chi connectivity index (χ4v) is 2.04. The highest BCUT2D eigenvalue weighted by molar-refractivity contribution is 7.99. The minimum atomic E-state index is -0.191. The zero-order valence-corrected chi connectivity index (χ0v) is 9.91. The van der Waals surface area contributed by atoms with Crippen molar-refractivity contribution in [2.75, 3.05) is 11.5 Å². The molecule has 6 nitrogen and oxygen atoms in total. The Kier molecular flexibility index (Phi) is 3.01. The number of H-pyrrole nitrogens is 1. The number of hydrogen-bond donors (Lipinski definition) is 3. The van der Waals surface area contributed by atoms with E-state index >= 15 is 0 Å². The van der Waals surface area contributed by atoms with Crippen molar-refractivity contribution in [2.45, 2.75) is 17.1 Å². The van der Waals surface area contributed by atoms with Crippen molar-refractivity contribution in [1.29, 1.82) is 0 Å². The standard InChI is InChI=1S/C10H11N5OS/c1-5-4-7(16)14-10(13-5)17-8-3-2-6(11)9(12)15-8/h2-4H,11H2,1H3,(H2,12,15)(H,13,14,16). The maximum atomic E-state index is 11.2. The van der Waals surface area contributed by atoms with E-state index in [2.05, 4.69) is 15.0 Å². The van der Waals surface area contributed by atoms with Gasteiger partial charge in [-0.15, -0.1) is 0 Å². The van der Waals surface area contributed by atoms with Gasteiger partial charge in [-0.3, -0.25) is 4.79 Å². The average molecular weight is 249 g/mol. The van der Waals surface area contributed by atoms with Crippen molar-refractivity contribution in [3.8, 4) is 0 Å². The average Bonchev–Trinajstić information content (AvgIpc) is 2.22. The molecule has 0 radical (unpaired) electrons. The Balaban J connectivity index is 2.31. The van der Waals surface area contributed by atoms with Gasteiger partial charge in [0.05, 0.1) is 5.69 Å². The number of aromatic amines is 1. The Morgan fingerprint density at radius 1 is 1.29 bits per heavy atom. The lowest BCUT2D eigenvalue weighted by Crippen LogP contribution is -2.08. The SMILES string of the molecule is Cc1cc(=O)[nH]c(Sc2ccc(N)c(N)n2)n1. The highest BCUT2D eigenvalue weighted by Crippen LogP contribution is 2.24. The third-order valence-corrected chi connectivity index (χ3v) is 2.80. The third kappa shape index (κ3) is 2.76. The maximum Gasteiger partial charge on any atom is 0.251 e. The van der Waals surface area contributed by atoms with Crippen LogP contribution in [0.25, 0.3) is 0 Å². The molecule has 5 N–H and O–H groups in total. The second kappa shape index (κ2) is 4.46. The van der Waals surface area contributed by atoms with Gasteiger partial charge < -0.3 is 16.5 Å². The molecule has 0 aliphatic carbocycles. The molecule has 0 bridgehead atoms. The summed E-state index contributed by atoms with van der Waals surface area (Å²) in [4.78, 5) is 22.1. The van der Waals surface area contributed by atoms with E-state index in [4.69, 9.17) is 11.5 Å². The van der Waals surface area contributed by atoms with Crippen LogP contribution in [0.15, 0.2) is 33.2 Å². The molecule has 0 saturated heterocycles. The van der Waals surface area contributed by atoms with Crippen LogP contribution in [0, 0.1) is 6.92 Å². The van der Waals surface area contributed by atoms with E-state index in [0.717, 1.165) is 0 Å². The second-order valence-corrected chi connectivity index (χ2v) is 4.43. The molecule has 0 atom stereocenters. The Bertz CT molecular complexity index is 610. The van der Waals surface area contributed by atoms with Crippen molar-refractivity contribution in [1.82, 2.24) is 15.0 Å². The molecule has 2 aromatic rings. The molecule has 7 heteroatoms. The van der Waals surface area contributed by atoms with Gasteiger partial charge in [-0.25, -0.2) is 9.97 Å². The molecule has 0 spiro atoms. The summed E-state index contributed by atoms with van der Waals surface area (Å²) in [5.41, 5.74) is 12.0. The summed E-state index contributed by atoms with van der Waals surface area (Å²) in [7, 11) is 0. The van der Waals surface area contributed by atoms with Crippen LogP contribution >= 0.6 is 11.8 Å². The van der Waals surface area contributed by atoms with E-state index in [0.29, 0.717) is 21.6 Å². The number of nitrogens with one attached hydrogen (secondary N) is 1. The summed E-state index contributed by atoms with van der Waals surface area (Å²) in [5.74, 6) is 0.269. The maximum absolute atomic E-state index is 11.2. The molecule has 0 saturated carbocycles. The summed E-state index contributed by atoms with van der Waals surface area (Å²) in [6.45, 7) is 1.75. The van der Waals surface area contributed by atoms with E-state index in [1.165, 1.54) is 17.8 Å². The Labute approximate surface area is 101 Å². The van der Waals surface area contributed by atoms with Gasteiger partial charge in [0.15, 0.2) is 5.16 Å². The number of nitrogens with two attached hydrogens (primary N) is 2. The smallest absolute Gasteiger partial charge is 0.251 e. The number of aryl methyl sites for hydroxylation is 1. The predicted octanol–water partition coefficient (Wildman–Crippen LogP) is 0.789. The van der Waals surface area contributed by atoms with Crippen LogP contribution in [0.4, 0.5) is 11.5 Å². The second-order valence-electron chi connectivity index (χ2n) is 3.42. The molecule has 0 aliphatic rings. The van der Waals surface area contributed by atoms with E-state index in [-0.39, 0.29) is 11.4 Å². The van der Waals surface area contributed by atoms with Crippen molar-refractivity contribution >= 4 is 23.3 Å². The molecular formula is C10H11N5OS. The predicted molar refractivity (Wildman–Crippen MR) is 66.8 cm³/mol. The summed E-state index contributed by atoms with van der Waals surface area (Å²) in [6, 6.07) is 4.81. The van der Waals surface area contributed by atoms with Crippen molar-refractivity contribution in [2.24, 2.45) is 0 Å². The number of nitrogen functional groups attached to an aromatic ring is 2. The van der Waals surface area contributed by atoms with E-state index in [1.807, 2.05) is 0 Å². The fourth-order valence-electron chi connectivity index (χ4n) is 1.22. The zero-order chi connectivity index (χ0) is 12.4. The first-order chi connectivity index (χ1) is 8.04. The minimum absolute atomic E-state index is 0.191. The van der Waals surface area contributed by atoms with Crippen LogP contribution in [0.3, 0.4) is 0 Å². The molecule has 0 aliphatic heterocycles. The van der Waals surface area contributed by atoms with Crippen molar-refractivity contribution in [3.05, 3.63) is 34.2 Å². The van der Waals surface area contributed by atoms with Gasteiger partial charge in [-0.1, -0.05) is 0 Å². The third-order valence-electron chi connectivity index (χ3n) is 1.98. The van der Waals surface area contributed by atoms with Crippen molar-refractivity contribution in [3.63, 3.8) is 0 Å². The molecule has 2 aromatic heterocycles. The molecule has 0 aromatic carbocycles. The van der Waals surface area contributed by atoms with Gasteiger partial charge in [0.1, 0.15) is 10.8 Å². The number of rotatable bonds is 2. The van der Waals surface area contributed by atoms with E-state index in [9.17, 15) is 4.79 Å². The first-order valence-electron chi connectivity index (χ1n) is 4.82. The monoisotopic (exact) mass is 249 g/mol. The Morgan fingerprint density at radius 3 is 2.71 bits per heavy atom.